The van der Waals surface area contributed by atoms with Crippen molar-refractivity contribution in [2.24, 2.45) is 11.7 Å². The number of aliphatic carboxylic acids is 1. The molecule has 3 unspecified atom stereocenters. The molecule has 6 N–H and O–H groups in total. The van der Waals surface area contributed by atoms with E-state index in [4.69, 9.17) is 5.73 Å². The number of phenolic OH excluding ortho intramolecular Hbond substituents is 1. The summed E-state index contributed by atoms with van der Waals surface area (Å²) < 4.78 is 0. The molecule has 3 amide bonds. The van der Waals surface area contributed by atoms with E-state index in [1.807, 2.05) is 13.8 Å². The summed E-state index contributed by atoms with van der Waals surface area (Å²) in [6.45, 7) is 3.81. The Bertz CT molecular complexity index is 826. The number of rotatable bonds is 10. The molecule has 0 bridgehead atoms. The molecule has 0 saturated carbocycles. The van der Waals surface area contributed by atoms with Crippen LogP contribution in [0.25, 0.3) is 0 Å². The summed E-state index contributed by atoms with van der Waals surface area (Å²) in [6.07, 6.45) is 1.36. The van der Waals surface area contributed by atoms with Crippen molar-refractivity contribution in [3.05, 3.63) is 29.8 Å². The van der Waals surface area contributed by atoms with E-state index in [0.717, 1.165) is 0 Å². The van der Waals surface area contributed by atoms with Gasteiger partial charge in [0.2, 0.25) is 17.7 Å². The molecular formula is C22H32N4O6. The van der Waals surface area contributed by atoms with E-state index in [1.165, 1.54) is 17.0 Å². The molecule has 1 aliphatic heterocycles. The van der Waals surface area contributed by atoms with Crippen LogP contribution >= 0.6 is 0 Å². The minimum atomic E-state index is -1.08. The zero-order valence-corrected chi connectivity index (χ0v) is 18.4. The van der Waals surface area contributed by atoms with Gasteiger partial charge in [-0.2, -0.15) is 0 Å². The first-order valence-electron chi connectivity index (χ1n) is 10.7. The zero-order chi connectivity index (χ0) is 23.8. The SMILES string of the molecule is CC(C)CC(NC(=O)CN)C(=O)NC(Cc1ccc(O)cc1)C(=O)N1CCCC1C(=O)O. The second kappa shape index (κ2) is 11.5. The fraction of sp³-hybridized carbons (Fsp3) is 0.545. The molecule has 1 fully saturated rings. The minimum Gasteiger partial charge on any atom is -0.508 e. The number of nitrogens with one attached hydrogen (secondary N) is 2. The first-order chi connectivity index (χ1) is 15.1. The molecule has 0 radical (unpaired) electrons. The highest BCUT2D eigenvalue weighted by Gasteiger charge is 2.38. The topological polar surface area (TPSA) is 162 Å². The summed E-state index contributed by atoms with van der Waals surface area (Å²) in [7, 11) is 0. The molecule has 0 spiro atoms. The number of amides is 3. The smallest absolute Gasteiger partial charge is 0.326 e. The molecule has 10 nitrogen and oxygen atoms in total. The maximum atomic E-state index is 13.3. The predicted molar refractivity (Wildman–Crippen MR) is 117 cm³/mol. The number of likely N-dealkylation sites (tertiary alicyclic amines) is 1. The summed E-state index contributed by atoms with van der Waals surface area (Å²) in [4.78, 5) is 51.0. The highest BCUT2D eigenvalue weighted by atomic mass is 16.4. The van der Waals surface area contributed by atoms with Gasteiger partial charge in [-0.05, 0) is 42.9 Å². The van der Waals surface area contributed by atoms with Gasteiger partial charge in [0.25, 0.3) is 0 Å². The van der Waals surface area contributed by atoms with Crippen LogP contribution in [0.1, 0.15) is 38.7 Å². The number of aromatic hydroxyl groups is 1. The van der Waals surface area contributed by atoms with E-state index in [-0.39, 0.29) is 31.2 Å². The molecule has 1 aromatic rings. The van der Waals surface area contributed by atoms with E-state index in [0.29, 0.717) is 24.8 Å². The van der Waals surface area contributed by atoms with Gasteiger partial charge in [0.15, 0.2) is 0 Å². The molecule has 10 heteroatoms. The number of carbonyl (C=O) groups excluding carboxylic acids is 3. The molecule has 1 aliphatic rings. The highest BCUT2D eigenvalue weighted by molar-refractivity contribution is 5.94. The van der Waals surface area contributed by atoms with Crippen molar-refractivity contribution in [3.63, 3.8) is 0 Å². The van der Waals surface area contributed by atoms with Crippen LogP contribution in [0.4, 0.5) is 0 Å². The Balaban J connectivity index is 2.26. The number of carboxylic acids is 1. The average molecular weight is 449 g/mol. The van der Waals surface area contributed by atoms with Crippen molar-refractivity contribution in [1.29, 1.82) is 0 Å². The van der Waals surface area contributed by atoms with Crippen molar-refractivity contribution in [1.82, 2.24) is 15.5 Å². The molecule has 1 heterocycles. The first kappa shape index (κ1) is 25.1. The summed E-state index contributed by atoms with van der Waals surface area (Å²) >= 11 is 0. The van der Waals surface area contributed by atoms with Crippen LogP contribution in [0.5, 0.6) is 5.75 Å². The lowest BCUT2D eigenvalue weighted by Crippen LogP contribution is -2.57. The van der Waals surface area contributed by atoms with Gasteiger partial charge in [-0.3, -0.25) is 14.4 Å². The molecule has 1 saturated heterocycles. The number of nitrogens with two attached hydrogens (primary N) is 1. The van der Waals surface area contributed by atoms with Gasteiger partial charge < -0.3 is 31.5 Å². The van der Waals surface area contributed by atoms with Crippen LogP contribution < -0.4 is 16.4 Å². The van der Waals surface area contributed by atoms with E-state index >= 15 is 0 Å². The van der Waals surface area contributed by atoms with Gasteiger partial charge in [-0.25, -0.2) is 4.79 Å². The van der Waals surface area contributed by atoms with Gasteiger partial charge in [-0.15, -0.1) is 0 Å². The summed E-state index contributed by atoms with van der Waals surface area (Å²) in [5.74, 6) is -2.46. The zero-order valence-electron chi connectivity index (χ0n) is 18.4. The third-order valence-corrected chi connectivity index (χ3v) is 5.36. The standard InChI is InChI=1S/C22H32N4O6/c1-13(2)10-16(24-19(28)12-23)20(29)25-17(11-14-5-7-15(27)8-6-14)21(30)26-9-3-4-18(26)22(31)32/h5-8,13,16-18,27H,3-4,9-12,23H2,1-2H3,(H,24,28)(H,25,29)(H,31,32). The van der Waals surface area contributed by atoms with Crippen LogP contribution in [0.2, 0.25) is 0 Å². The Morgan fingerprint density at radius 1 is 1.12 bits per heavy atom. The fourth-order valence-corrected chi connectivity index (χ4v) is 3.78. The minimum absolute atomic E-state index is 0.0626. The monoisotopic (exact) mass is 448 g/mol. The van der Waals surface area contributed by atoms with Gasteiger partial charge >= 0.3 is 5.97 Å². The van der Waals surface area contributed by atoms with Crippen LogP contribution in [0.3, 0.4) is 0 Å². The molecule has 3 atom stereocenters. The molecule has 2 rings (SSSR count). The van der Waals surface area contributed by atoms with Crippen LogP contribution in [0.15, 0.2) is 24.3 Å². The highest BCUT2D eigenvalue weighted by Crippen LogP contribution is 2.20. The maximum absolute atomic E-state index is 13.3. The Hall–Kier alpha value is -3.14. The lowest BCUT2D eigenvalue weighted by molar-refractivity contribution is -0.149. The first-order valence-corrected chi connectivity index (χ1v) is 10.7. The molecule has 0 aromatic heterocycles. The Morgan fingerprint density at radius 3 is 2.34 bits per heavy atom. The Kier molecular flexibility index (Phi) is 9.01. The molecular weight excluding hydrogens is 416 g/mol. The van der Waals surface area contributed by atoms with Crippen LogP contribution in [-0.4, -0.2) is 70.0 Å². The van der Waals surface area contributed by atoms with Crippen LogP contribution in [-0.2, 0) is 25.6 Å². The van der Waals surface area contributed by atoms with E-state index in [9.17, 15) is 29.4 Å². The van der Waals surface area contributed by atoms with Crippen molar-refractivity contribution in [3.8, 4) is 5.75 Å². The van der Waals surface area contributed by atoms with Gasteiger partial charge in [0.1, 0.15) is 23.9 Å². The van der Waals surface area contributed by atoms with Crippen molar-refractivity contribution >= 4 is 23.7 Å². The third kappa shape index (κ3) is 6.94. The molecule has 0 aliphatic carbocycles. The van der Waals surface area contributed by atoms with E-state index < -0.39 is 41.8 Å². The fourth-order valence-electron chi connectivity index (χ4n) is 3.78. The third-order valence-electron chi connectivity index (χ3n) is 5.36. The van der Waals surface area contributed by atoms with Crippen molar-refractivity contribution in [2.45, 2.75) is 57.7 Å². The summed E-state index contributed by atoms with van der Waals surface area (Å²) in [5, 5.41) is 24.3. The van der Waals surface area contributed by atoms with Crippen LogP contribution in [0, 0.1) is 5.92 Å². The number of nitrogens with zero attached hydrogens (tertiary/aromatic N) is 1. The van der Waals surface area contributed by atoms with E-state index in [1.54, 1.807) is 12.1 Å². The number of hydrogen-bond acceptors (Lipinski definition) is 6. The lowest BCUT2D eigenvalue weighted by Gasteiger charge is -2.29. The largest absolute Gasteiger partial charge is 0.508 e. The van der Waals surface area contributed by atoms with Crippen molar-refractivity contribution < 1.29 is 29.4 Å². The summed E-state index contributed by atoms with van der Waals surface area (Å²) in [6, 6.07) is 3.34. The quantitative estimate of drug-likeness (QED) is 0.336. The number of phenols is 1. The van der Waals surface area contributed by atoms with Gasteiger partial charge in [-0.1, -0.05) is 26.0 Å². The molecule has 176 valence electrons. The predicted octanol–water partition coefficient (Wildman–Crippen LogP) is -0.0153. The average Bonchev–Trinajstić information content (AvgIpc) is 3.23. The maximum Gasteiger partial charge on any atom is 0.326 e. The summed E-state index contributed by atoms with van der Waals surface area (Å²) in [5.41, 5.74) is 6.04. The molecule has 32 heavy (non-hydrogen) atoms. The number of benzene rings is 1. The number of carboxylic acid groups (broad SMARTS) is 1. The molecule has 1 aromatic carbocycles. The number of hydrogen-bond donors (Lipinski definition) is 5. The second-order valence-electron chi connectivity index (χ2n) is 8.41. The lowest BCUT2D eigenvalue weighted by atomic mass is 10.0. The van der Waals surface area contributed by atoms with Crippen molar-refractivity contribution in [2.75, 3.05) is 13.1 Å². The Labute approximate surface area is 187 Å². The van der Waals surface area contributed by atoms with Gasteiger partial charge in [0, 0.05) is 13.0 Å². The number of carbonyl (C=O) groups is 4. The normalized spacial score (nSPS) is 17.6. The second-order valence-corrected chi connectivity index (χ2v) is 8.41. The van der Waals surface area contributed by atoms with Gasteiger partial charge in [0.05, 0.1) is 6.54 Å². The van der Waals surface area contributed by atoms with E-state index in [2.05, 4.69) is 10.6 Å². The Morgan fingerprint density at radius 2 is 1.78 bits per heavy atom.